The van der Waals surface area contributed by atoms with Crippen LogP contribution in [0.5, 0.6) is 5.75 Å². The minimum absolute atomic E-state index is 0.157. The molecule has 3 aromatic rings. The van der Waals surface area contributed by atoms with E-state index in [4.69, 9.17) is 4.74 Å². The van der Waals surface area contributed by atoms with Gasteiger partial charge in [0.15, 0.2) is 11.6 Å². The first-order chi connectivity index (χ1) is 14.7. The van der Waals surface area contributed by atoms with Crippen LogP contribution in [0.3, 0.4) is 0 Å². The van der Waals surface area contributed by atoms with Crippen molar-refractivity contribution < 1.29 is 22.7 Å². The lowest BCUT2D eigenvalue weighted by atomic mass is 9.90. The average molecular weight is 432 g/mol. The fraction of sp³-hybridized carbons (Fsp3) is 0.300. The van der Waals surface area contributed by atoms with Gasteiger partial charge in [0.2, 0.25) is 11.5 Å². The topological polar surface area (TPSA) is 85.2 Å². The second-order valence-electron chi connectivity index (χ2n) is 7.18. The number of carbonyl (C=O) groups is 1. The van der Waals surface area contributed by atoms with Crippen LogP contribution in [0.25, 0.3) is 0 Å². The molecule has 0 radical (unpaired) electrons. The van der Waals surface area contributed by atoms with Crippen molar-refractivity contribution in [2.75, 3.05) is 23.4 Å². The summed E-state index contributed by atoms with van der Waals surface area (Å²) >= 11 is 0. The van der Waals surface area contributed by atoms with Crippen molar-refractivity contribution in [1.29, 1.82) is 0 Å². The molecule has 162 valence electrons. The lowest BCUT2D eigenvalue weighted by Gasteiger charge is -2.30. The quantitative estimate of drug-likeness (QED) is 0.681. The van der Waals surface area contributed by atoms with Gasteiger partial charge < -0.3 is 14.6 Å². The number of nitrogens with one attached hydrogen (secondary N) is 1. The molecule has 1 aliphatic heterocycles. The Bertz CT molecular complexity index is 1120. The molecule has 4 rings (SSSR count). The van der Waals surface area contributed by atoms with Crippen LogP contribution < -0.4 is 15.0 Å². The number of nitrogens with zero attached hydrogens (tertiary/aromatic N) is 5. The van der Waals surface area contributed by atoms with Gasteiger partial charge in [-0.15, -0.1) is 10.2 Å². The molecular weight excluding hydrogens is 413 g/mol. The van der Waals surface area contributed by atoms with Crippen LogP contribution in [0.4, 0.5) is 29.5 Å². The largest absolute Gasteiger partial charge is 0.488 e. The third-order valence-electron chi connectivity index (χ3n) is 5.06. The van der Waals surface area contributed by atoms with Crippen LogP contribution in [-0.4, -0.2) is 38.9 Å². The number of pyridine rings is 1. The summed E-state index contributed by atoms with van der Waals surface area (Å²) in [6.45, 7) is 1.30. The van der Waals surface area contributed by atoms with E-state index in [2.05, 4.69) is 20.5 Å². The number of urea groups is 1. The van der Waals surface area contributed by atoms with E-state index in [-0.39, 0.29) is 24.4 Å². The molecule has 11 heteroatoms. The summed E-state index contributed by atoms with van der Waals surface area (Å²) in [6.07, 6.45) is 2.60. The van der Waals surface area contributed by atoms with E-state index >= 15 is 4.39 Å². The van der Waals surface area contributed by atoms with Gasteiger partial charge in [-0.3, -0.25) is 4.90 Å². The Morgan fingerprint density at radius 3 is 2.77 bits per heavy atom. The van der Waals surface area contributed by atoms with Crippen molar-refractivity contribution in [2.45, 2.75) is 18.5 Å². The zero-order valence-electron chi connectivity index (χ0n) is 16.7. The Kier molecular flexibility index (Phi) is 5.03. The number of fused-ring (bicyclic) bond motifs is 1. The van der Waals surface area contributed by atoms with E-state index in [0.717, 1.165) is 17.8 Å². The van der Waals surface area contributed by atoms with Gasteiger partial charge in [0, 0.05) is 18.9 Å². The maximum Gasteiger partial charge on any atom is 0.343 e. The highest BCUT2D eigenvalue weighted by molar-refractivity contribution is 6.02. The normalized spacial score (nSPS) is 15.6. The van der Waals surface area contributed by atoms with Crippen molar-refractivity contribution in [3.63, 3.8) is 0 Å². The standard InChI is InChI=1S/C20H19F3N6O2/c1-19(21,20(22,23)17-27-25-12-28(17)2)13-5-3-6-14(11-13)26-18(30)29-9-10-31-15-7-4-8-24-16(15)29/h3-8,11-12H,9-10H2,1-2H3,(H,26,30). The van der Waals surface area contributed by atoms with Gasteiger partial charge in [-0.1, -0.05) is 12.1 Å². The number of amides is 2. The molecule has 1 aromatic carbocycles. The number of aromatic nitrogens is 4. The molecule has 0 aliphatic carbocycles. The minimum Gasteiger partial charge on any atom is -0.488 e. The Morgan fingerprint density at radius 1 is 1.23 bits per heavy atom. The molecule has 2 aromatic heterocycles. The minimum atomic E-state index is -3.96. The van der Waals surface area contributed by atoms with E-state index in [1.165, 1.54) is 42.4 Å². The molecule has 1 atom stereocenters. The number of aryl methyl sites for hydroxylation is 1. The first-order valence-corrected chi connectivity index (χ1v) is 9.40. The van der Waals surface area contributed by atoms with E-state index in [1.54, 1.807) is 12.1 Å². The Hall–Kier alpha value is -3.63. The highest BCUT2D eigenvalue weighted by Crippen LogP contribution is 2.47. The Labute approximate surface area is 175 Å². The number of benzene rings is 1. The van der Waals surface area contributed by atoms with Gasteiger partial charge in [0.05, 0.1) is 6.54 Å². The molecule has 0 bridgehead atoms. The fourth-order valence-electron chi connectivity index (χ4n) is 3.29. The maximum absolute atomic E-state index is 15.4. The fourth-order valence-corrected chi connectivity index (χ4v) is 3.29. The van der Waals surface area contributed by atoms with E-state index in [0.29, 0.717) is 11.6 Å². The van der Waals surface area contributed by atoms with Crippen LogP contribution in [0.1, 0.15) is 18.3 Å². The SMILES string of the molecule is Cn1cnnc1C(F)(F)C(C)(F)c1cccc(NC(=O)N2CCOc3cccnc32)c1. The average Bonchev–Trinajstić information content (AvgIpc) is 3.20. The summed E-state index contributed by atoms with van der Waals surface area (Å²) in [5, 5.41) is 9.38. The number of hydrogen-bond donors (Lipinski definition) is 1. The van der Waals surface area contributed by atoms with E-state index < -0.39 is 23.4 Å². The molecule has 1 unspecified atom stereocenters. The first-order valence-electron chi connectivity index (χ1n) is 9.40. The highest BCUT2D eigenvalue weighted by Gasteiger charge is 2.56. The molecule has 0 spiro atoms. The Morgan fingerprint density at radius 2 is 2.03 bits per heavy atom. The zero-order valence-corrected chi connectivity index (χ0v) is 16.7. The summed E-state index contributed by atoms with van der Waals surface area (Å²) < 4.78 is 51.8. The third kappa shape index (κ3) is 3.56. The second kappa shape index (κ2) is 7.56. The summed E-state index contributed by atoms with van der Waals surface area (Å²) in [6, 6.07) is 8.10. The van der Waals surface area contributed by atoms with Crippen LogP contribution in [0.15, 0.2) is 48.9 Å². The third-order valence-corrected chi connectivity index (χ3v) is 5.06. The molecule has 0 saturated heterocycles. The lowest BCUT2D eigenvalue weighted by molar-refractivity contribution is -0.149. The van der Waals surface area contributed by atoms with Crippen LogP contribution in [0.2, 0.25) is 0 Å². The summed E-state index contributed by atoms with van der Waals surface area (Å²) in [7, 11) is 1.31. The molecule has 31 heavy (non-hydrogen) atoms. The number of halogens is 3. The number of anilines is 2. The smallest absolute Gasteiger partial charge is 0.343 e. The predicted octanol–water partition coefficient (Wildman–Crippen LogP) is 3.62. The molecular formula is C20H19F3N6O2. The van der Waals surface area contributed by atoms with Gasteiger partial charge >= 0.3 is 12.0 Å². The van der Waals surface area contributed by atoms with Gasteiger partial charge in [-0.2, -0.15) is 8.78 Å². The monoisotopic (exact) mass is 432 g/mol. The van der Waals surface area contributed by atoms with Crippen molar-refractivity contribution in [2.24, 2.45) is 7.05 Å². The first kappa shape index (κ1) is 20.6. The maximum atomic E-state index is 15.4. The summed E-state index contributed by atoms with van der Waals surface area (Å²) in [5.41, 5.74) is -3.27. The number of ether oxygens (including phenoxy) is 1. The molecule has 0 fully saturated rings. The molecule has 1 aliphatic rings. The Balaban J connectivity index is 1.59. The van der Waals surface area contributed by atoms with Crippen LogP contribution in [0, 0.1) is 0 Å². The van der Waals surface area contributed by atoms with Crippen molar-refractivity contribution in [1.82, 2.24) is 19.7 Å². The van der Waals surface area contributed by atoms with Gasteiger partial charge in [0.25, 0.3) is 0 Å². The lowest BCUT2D eigenvalue weighted by Crippen LogP contribution is -2.41. The van der Waals surface area contributed by atoms with Crippen molar-refractivity contribution in [3.05, 3.63) is 60.3 Å². The number of alkyl halides is 3. The van der Waals surface area contributed by atoms with Gasteiger partial charge in [-0.05, 0) is 36.8 Å². The molecule has 8 nitrogen and oxygen atoms in total. The number of carbonyl (C=O) groups excluding carboxylic acids is 1. The van der Waals surface area contributed by atoms with Gasteiger partial charge in [-0.25, -0.2) is 14.2 Å². The molecule has 1 N–H and O–H groups in total. The summed E-state index contributed by atoms with van der Waals surface area (Å²) in [5.74, 6) is -3.97. The number of rotatable bonds is 4. The van der Waals surface area contributed by atoms with Gasteiger partial charge in [0.1, 0.15) is 12.9 Å². The van der Waals surface area contributed by atoms with Crippen molar-refractivity contribution >= 4 is 17.5 Å². The zero-order chi connectivity index (χ0) is 22.2. The van der Waals surface area contributed by atoms with Crippen LogP contribution in [-0.2, 0) is 18.6 Å². The predicted molar refractivity (Wildman–Crippen MR) is 106 cm³/mol. The van der Waals surface area contributed by atoms with Crippen molar-refractivity contribution in [3.8, 4) is 5.75 Å². The van der Waals surface area contributed by atoms with Crippen LogP contribution >= 0.6 is 0 Å². The van der Waals surface area contributed by atoms with E-state index in [1.807, 2.05) is 0 Å². The molecule has 2 amide bonds. The molecule has 3 heterocycles. The number of hydrogen-bond acceptors (Lipinski definition) is 5. The summed E-state index contributed by atoms with van der Waals surface area (Å²) in [4.78, 5) is 18.3. The molecule has 0 saturated carbocycles. The highest BCUT2D eigenvalue weighted by atomic mass is 19.3. The van der Waals surface area contributed by atoms with E-state index in [9.17, 15) is 13.6 Å². The second-order valence-corrected chi connectivity index (χ2v) is 7.18.